The molecule has 2 rings (SSSR count). The van der Waals surface area contributed by atoms with E-state index in [1.54, 1.807) is 0 Å². The van der Waals surface area contributed by atoms with E-state index in [2.05, 4.69) is 10.0 Å². The van der Waals surface area contributed by atoms with Gasteiger partial charge in [0.05, 0.1) is 9.82 Å². The van der Waals surface area contributed by atoms with Crippen molar-refractivity contribution in [3.63, 3.8) is 0 Å². The van der Waals surface area contributed by atoms with Gasteiger partial charge in [-0.25, -0.2) is 13.1 Å². The molecule has 0 saturated heterocycles. The lowest BCUT2D eigenvalue weighted by molar-refractivity contribution is -0.384. The van der Waals surface area contributed by atoms with Crippen LogP contribution in [0.1, 0.15) is 32.6 Å². The second kappa shape index (κ2) is 6.40. The van der Waals surface area contributed by atoms with Gasteiger partial charge in [0.2, 0.25) is 10.0 Å². The van der Waals surface area contributed by atoms with Gasteiger partial charge in [-0.3, -0.25) is 10.1 Å². The van der Waals surface area contributed by atoms with Crippen LogP contribution < -0.4 is 10.0 Å². The summed E-state index contributed by atoms with van der Waals surface area (Å²) in [7, 11) is -3.71. The predicted octanol–water partition coefficient (Wildman–Crippen LogP) is 2.25. The van der Waals surface area contributed by atoms with Crippen molar-refractivity contribution in [1.29, 1.82) is 0 Å². The third-order valence-electron chi connectivity index (χ3n) is 3.52. The summed E-state index contributed by atoms with van der Waals surface area (Å²) < 4.78 is 27.2. The number of hydrogen-bond acceptors (Lipinski definition) is 5. The van der Waals surface area contributed by atoms with Crippen LogP contribution in [0.15, 0.2) is 23.1 Å². The van der Waals surface area contributed by atoms with Gasteiger partial charge in [0.15, 0.2) is 0 Å². The van der Waals surface area contributed by atoms with Crippen LogP contribution in [0.3, 0.4) is 0 Å². The largest absolute Gasteiger partial charge is 0.380 e. The minimum absolute atomic E-state index is 0.0669. The zero-order chi connectivity index (χ0) is 15.5. The van der Waals surface area contributed by atoms with Gasteiger partial charge in [0.1, 0.15) is 5.69 Å². The van der Waals surface area contributed by atoms with Crippen molar-refractivity contribution in [1.82, 2.24) is 4.72 Å². The minimum atomic E-state index is -3.71. The first-order valence-corrected chi connectivity index (χ1v) is 8.47. The van der Waals surface area contributed by atoms with Gasteiger partial charge >= 0.3 is 0 Å². The monoisotopic (exact) mass is 313 g/mol. The van der Waals surface area contributed by atoms with Crippen molar-refractivity contribution >= 4 is 21.4 Å². The van der Waals surface area contributed by atoms with Crippen molar-refractivity contribution in [3.8, 4) is 0 Å². The Kier molecular flexibility index (Phi) is 4.79. The molecule has 2 N–H and O–H groups in total. The topological polar surface area (TPSA) is 101 Å². The Hall–Kier alpha value is -1.67. The summed E-state index contributed by atoms with van der Waals surface area (Å²) in [6.07, 6.45) is 3.65. The molecule has 1 aromatic carbocycles. The Morgan fingerprint density at radius 2 is 2.00 bits per heavy atom. The zero-order valence-electron chi connectivity index (χ0n) is 11.8. The maximum Gasteiger partial charge on any atom is 0.293 e. The van der Waals surface area contributed by atoms with Crippen molar-refractivity contribution in [2.75, 3.05) is 11.9 Å². The summed E-state index contributed by atoms with van der Waals surface area (Å²) >= 11 is 0. The average Bonchev–Trinajstić information content (AvgIpc) is 2.91. The van der Waals surface area contributed by atoms with E-state index in [0.717, 1.165) is 31.7 Å². The molecule has 1 aliphatic carbocycles. The fraction of sp³-hybridized carbons (Fsp3) is 0.538. The van der Waals surface area contributed by atoms with Gasteiger partial charge in [-0.1, -0.05) is 12.8 Å². The third kappa shape index (κ3) is 3.70. The molecule has 0 atom stereocenters. The van der Waals surface area contributed by atoms with E-state index in [-0.39, 0.29) is 16.6 Å². The highest BCUT2D eigenvalue weighted by molar-refractivity contribution is 7.89. The van der Waals surface area contributed by atoms with Crippen molar-refractivity contribution < 1.29 is 13.3 Å². The standard InChI is InChI=1S/C13H19N3O4S/c1-2-14-12-8-7-11(9-13(12)16(17)18)21(19,20)15-10-5-3-4-6-10/h7-10,14-15H,2-6H2,1H3. The summed E-state index contributed by atoms with van der Waals surface area (Å²) in [4.78, 5) is 10.4. The lowest BCUT2D eigenvalue weighted by Gasteiger charge is -2.13. The number of benzene rings is 1. The molecular weight excluding hydrogens is 294 g/mol. The Balaban J connectivity index is 2.30. The van der Waals surface area contributed by atoms with E-state index in [4.69, 9.17) is 0 Å². The van der Waals surface area contributed by atoms with Crippen LogP contribution in [0.5, 0.6) is 0 Å². The first-order chi connectivity index (χ1) is 9.94. The first-order valence-electron chi connectivity index (χ1n) is 6.98. The number of nitro benzene ring substituents is 1. The normalized spacial score (nSPS) is 16.0. The van der Waals surface area contributed by atoms with Crippen LogP contribution in [0, 0.1) is 10.1 Å². The number of hydrogen-bond donors (Lipinski definition) is 2. The molecule has 7 nitrogen and oxygen atoms in total. The molecule has 21 heavy (non-hydrogen) atoms. The van der Waals surface area contributed by atoms with E-state index >= 15 is 0 Å². The average molecular weight is 313 g/mol. The number of anilines is 1. The van der Waals surface area contributed by atoms with Crippen LogP contribution in [-0.2, 0) is 10.0 Å². The van der Waals surface area contributed by atoms with Crippen molar-refractivity contribution in [3.05, 3.63) is 28.3 Å². The lowest BCUT2D eigenvalue weighted by Crippen LogP contribution is -2.32. The molecule has 0 heterocycles. The van der Waals surface area contributed by atoms with Crippen LogP contribution in [-0.4, -0.2) is 25.9 Å². The van der Waals surface area contributed by atoms with E-state index in [9.17, 15) is 18.5 Å². The molecule has 0 spiro atoms. The summed E-state index contributed by atoms with van der Waals surface area (Å²) in [5, 5.41) is 13.9. The second-order valence-corrected chi connectivity index (χ2v) is 6.78. The highest BCUT2D eigenvalue weighted by Crippen LogP contribution is 2.28. The molecule has 1 aliphatic rings. The van der Waals surface area contributed by atoms with Crippen LogP contribution in [0.2, 0.25) is 0 Å². The molecule has 1 aromatic rings. The molecule has 0 aliphatic heterocycles. The van der Waals surface area contributed by atoms with E-state index in [1.807, 2.05) is 6.92 Å². The fourth-order valence-electron chi connectivity index (χ4n) is 2.50. The van der Waals surface area contributed by atoms with Crippen LogP contribution in [0.25, 0.3) is 0 Å². The molecule has 0 amide bonds. The zero-order valence-corrected chi connectivity index (χ0v) is 12.6. The molecule has 8 heteroatoms. The summed E-state index contributed by atoms with van der Waals surface area (Å²) in [5.74, 6) is 0. The van der Waals surface area contributed by atoms with E-state index in [1.165, 1.54) is 12.1 Å². The first kappa shape index (κ1) is 15.7. The smallest absolute Gasteiger partial charge is 0.293 e. The van der Waals surface area contributed by atoms with Gasteiger partial charge in [-0.2, -0.15) is 0 Å². The summed E-state index contributed by atoms with van der Waals surface area (Å²) in [6, 6.07) is 3.87. The molecule has 0 aromatic heterocycles. The Bertz CT molecular complexity index is 624. The number of nitrogens with one attached hydrogen (secondary N) is 2. The molecule has 0 unspecified atom stereocenters. The lowest BCUT2D eigenvalue weighted by atomic mass is 10.2. The maximum atomic E-state index is 12.3. The third-order valence-corrected chi connectivity index (χ3v) is 5.04. The maximum absolute atomic E-state index is 12.3. The Morgan fingerprint density at radius 1 is 1.33 bits per heavy atom. The van der Waals surface area contributed by atoms with E-state index in [0.29, 0.717) is 12.2 Å². The van der Waals surface area contributed by atoms with Crippen LogP contribution >= 0.6 is 0 Å². The highest BCUT2D eigenvalue weighted by Gasteiger charge is 2.25. The van der Waals surface area contributed by atoms with Gasteiger partial charge in [0.25, 0.3) is 5.69 Å². The van der Waals surface area contributed by atoms with E-state index < -0.39 is 14.9 Å². The van der Waals surface area contributed by atoms with Gasteiger partial charge in [0, 0.05) is 18.7 Å². The molecule has 1 saturated carbocycles. The number of nitrogens with zero attached hydrogens (tertiary/aromatic N) is 1. The van der Waals surface area contributed by atoms with Gasteiger partial charge < -0.3 is 5.32 Å². The highest BCUT2D eigenvalue weighted by atomic mass is 32.2. The quantitative estimate of drug-likeness (QED) is 0.619. The molecular formula is C13H19N3O4S. The molecule has 0 bridgehead atoms. The van der Waals surface area contributed by atoms with Crippen LogP contribution in [0.4, 0.5) is 11.4 Å². The van der Waals surface area contributed by atoms with Crippen molar-refractivity contribution in [2.45, 2.75) is 43.5 Å². The van der Waals surface area contributed by atoms with Crippen molar-refractivity contribution in [2.24, 2.45) is 0 Å². The Labute approximate surface area is 123 Å². The second-order valence-electron chi connectivity index (χ2n) is 5.07. The minimum Gasteiger partial charge on any atom is -0.380 e. The SMILES string of the molecule is CCNc1ccc(S(=O)(=O)NC2CCCC2)cc1[N+](=O)[O-]. The molecule has 1 fully saturated rings. The fourth-order valence-corrected chi connectivity index (χ4v) is 3.83. The molecule has 0 radical (unpaired) electrons. The van der Waals surface area contributed by atoms with Gasteiger partial charge in [-0.15, -0.1) is 0 Å². The Morgan fingerprint density at radius 3 is 2.57 bits per heavy atom. The molecule has 116 valence electrons. The van der Waals surface area contributed by atoms with Gasteiger partial charge in [-0.05, 0) is 31.9 Å². The summed E-state index contributed by atoms with van der Waals surface area (Å²) in [6.45, 7) is 2.34. The number of nitro groups is 1. The number of rotatable bonds is 6. The summed E-state index contributed by atoms with van der Waals surface area (Å²) in [5.41, 5.74) is 0.0912. The predicted molar refractivity (Wildman–Crippen MR) is 79.8 cm³/mol. The number of sulfonamides is 1.